The van der Waals surface area contributed by atoms with E-state index in [9.17, 15) is 9.90 Å². The number of nitrogens with zero attached hydrogens (tertiary/aromatic N) is 1. The second kappa shape index (κ2) is 8.45. The van der Waals surface area contributed by atoms with Gasteiger partial charge in [0.2, 0.25) is 0 Å². The smallest absolute Gasteiger partial charge is 0.318 e. The molecule has 1 aliphatic carbocycles. The van der Waals surface area contributed by atoms with Crippen LogP contribution in [0.15, 0.2) is 78.9 Å². The number of aliphatic carboxylic acids is 1. The predicted molar refractivity (Wildman–Crippen MR) is 122 cm³/mol. The summed E-state index contributed by atoms with van der Waals surface area (Å²) in [5.74, 6) is -0.751. The molecule has 4 rings (SSSR count). The van der Waals surface area contributed by atoms with Gasteiger partial charge in [-0.2, -0.15) is 0 Å². The molecule has 0 heterocycles. The summed E-state index contributed by atoms with van der Waals surface area (Å²) in [6.07, 6.45) is 1.41. The highest BCUT2D eigenvalue weighted by atomic mass is 16.4. The Balaban J connectivity index is 1.59. The van der Waals surface area contributed by atoms with Gasteiger partial charge in [-0.25, -0.2) is 0 Å². The maximum atomic E-state index is 12.7. The fourth-order valence-electron chi connectivity index (χ4n) is 4.82. The zero-order valence-corrected chi connectivity index (χ0v) is 17.7. The maximum absolute atomic E-state index is 12.7. The summed E-state index contributed by atoms with van der Waals surface area (Å²) < 4.78 is 0. The van der Waals surface area contributed by atoms with Crippen molar-refractivity contribution in [2.75, 3.05) is 6.54 Å². The molecule has 30 heavy (non-hydrogen) atoms. The minimum Gasteiger partial charge on any atom is -0.480 e. The van der Waals surface area contributed by atoms with E-state index in [1.807, 2.05) is 42.5 Å². The van der Waals surface area contributed by atoms with Crippen LogP contribution in [0.4, 0.5) is 0 Å². The Morgan fingerprint density at radius 1 is 0.867 bits per heavy atom. The molecule has 1 N–H and O–H groups in total. The van der Waals surface area contributed by atoms with Crippen molar-refractivity contribution in [1.82, 2.24) is 4.90 Å². The number of benzene rings is 3. The van der Waals surface area contributed by atoms with Crippen molar-refractivity contribution in [1.29, 1.82) is 0 Å². The Kier molecular flexibility index (Phi) is 5.74. The first kappa shape index (κ1) is 20.4. The minimum atomic E-state index is -0.970. The summed E-state index contributed by atoms with van der Waals surface area (Å²) in [7, 11) is 0. The highest BCUT2D eigenvalue weighted by molar-refractivity contribution is 5.97. The van der Waals surface area contributed by atoms with Crippen LogP contribution in [0.2, 0.25) is 0 Å². The molecule has 3 nitrogen and oxygen atoms in total. The fourth-order valence-corrected chi connectivity index (χ4v) is 4.82. The van der Waals surface area contributed by atoms with Gasteiger partial charge < -0.3 is 5.11 Å². The highest BCUT2D eigenvalue weighted by Crippen LogP contribution is 2.51. The molecule has 3 aromatic rings. The van der Waals surface area contributed by atoms with Crippen LogP contribution < -0.4 is 0 Å². The Hall–Kier alpha value is -2.91. The van der Waals surface area contributed by atoms with Crippen molar-refractivity contribution in [2.24, 2.45) is 0 Å². The van der Waals surface area contributed by atoms with E-state index in [0.29, 0.717) is 12.5 Å². The van der Waals surface area contributed by atoms with E-state index < -0.39 is 11.4 Å². The zero-order chi connectivity index (χ0) is 21.1. The number of hydrogen-bond donors (Lipinski definition) is 1. The molecule has 0 saturated heterocycles. The third-order valence-electron chi connectivity index (χ3n) is 6.38. The van der Waals surface area contributed by atoms with Crippen LogP contribution in [0.3, 0.4) is 0 Å². The van der Waals surface area contributed by atoms with Crippen molar-refractivity contribution in [2.45, 2.75) is 44.7 Å². The lowest BCUT2D eigenvalue weighted by molar-refractivity contribution is -0.142. The van der Waals surface area contributed by atoms with Gasteiger partial charge in [0.15, 0.2) is 0 Å². The second-order valence-corrected chi connectivity index (χ2v) is 8.46. The van der Waals surface area contributed by atoms with E-state index in [4.69, 9.17) is 0 Å². The monoisotopic (exact) mass is 399 g/mol. The highest BCUT2D eigenvalue weighted by Gasteiger charge is 2.48. The molecule has 0 unspecified atom stereocenters. The van der Waals surface area contributed by atoms with Crippen molar-refractivity contribution >= 4 is 5.97 Å². The van der Waals surface area contributed by atoms with Gasteiger partial charge in [-0.3, -0.25) is 9.69 Å². The van der Waals surface area contributed by atoms with Gasteiger partial charge in [-0.1, -0.05) is 78.9 Å². The summed E-state index contributed by atoms with van der Waals surface area (Å²) in [4.78, 5) is 15.2. The molecule has 0 aliphatic heterocycles. The van der Waals surface area contributed by atoms with Crippen molar-refractivity contribution in [3.8, 4) is 11.1 Å². The van der Waals surface area contributed by atoms with Crippen molar-refractivity contribution in [3.63, 3.8) is 0 Å². The maximum Gasteiger partial charge on any atom is 0.318 e. The molecule has 0 fully saturated rings. The molecule has 0 atom stereocenters. The summed E-state index contributed by atoms with van der Waals surface area (Å²) >= 11 is 0. The van der Waals surface area contributed by atoms with Crippen LogP contribution in [0.25, 0.3) is 11.1 Å². The summed E-state index contributed by atoms with van der Waals surface area (Å²) in [6, 6.07) is 26.9. The van der Waals surface area contributed by atoms with Gasteiger partial charge in [0, 0.05) is 12.6 Å². The number of fused-ring (bicyclic) bond motifs is 3. The fraction of sp³-hybridized carbons (Fsp3) is 0.296. The van der Waals surface area contributed by atoms with Gasteiger partial charge in [-0.05, 0) is 61.1 Å². The van der Waals surface area contributed by atoms with Crippen molar-refractivity contribution in [3.05, 3.63) is 95.6 Å². The molecule has 3 aromatic carbocycles. The molecule has 0 spiro atoms. The zero-order valence-electron chi connectivity index (χ0n) is 17.7. The number of carboxylic acid groups (broad SMARTS) is 1. The van der Waals surface area contributed by atoms with E-state index in [-0.39, 0.29) is 0 Å². The topological polar surface area (TPSA) is 40.5 Å². The molecule has 0 saturated carbocycles. The lowest BCUT2D eigenvalue weighted by Gasteiger charge is -2.31. The normalized spacial score (nSPS) is 14.0. The number of rotatable bonds is 8. The van der Waals surface area contributed by atoms with Crippen LogP contribution in [0.1, 0.15) is 43.4 Å². The average molecular weight is 400 g/mol. The summed E-state index contributed by atoms with van der Waals surface area (Å²) in [5, 5.41) is 10.5. The quantitative estimate of drug-likeness (QED) is 0.526. The first-order valence-electron chi connectivity index (χ1n) is 10.7. The van der Waals surface area contributed by atoms with Crippen LogP contribution in [-0.2, 0) is 16.8 Å². The third kappa shape index (κ3) is 3.54. The van der Waals surface area contributed by atoms with E-state index in [0.717, 1.165) is 41.8 Å². The van der Waals surface area contributed by atoms with E-state index in [1.165, 1.54) is 5.56 Å². The first-order valence-corrected chi connectivity index (χ1v) is 10.7. The van der Waals surface area contributed by atoms with Crippen LogP contribution in [0, 0.1) is 0 Å². The Morgan fingerprint density at radius 2 is 1.40 bits per heavy atom. The van der Waals surface area contributed by atoms with Crippen LogP contribution >= 0.6 is 0 Å². The first-order chi connectivity index (χ1) is 14.5. The Labute approximate surface area is 179 Å². The number of hydrogen-bond acceptors (Lipinski definition) is 2. The van der Waals surface area contributed by atoms with Gasteiger partial charge in [0.1, 0.15) is 5.41 Å². The average Bonchev–Trinajstić information content (AvgIpc) is 3.05. The predicted octanol–water partition coefficient (Wildman–Crippen LogP) is 5.73. The number of carbonyl (C=O) groups is 1. The standard InChI is InChI=1S/C27H29NO2/c1-20(2)28(19-21-11-4-3-5-12-21)18-10-17-27(26(29)30)24-15-8-6-13-22(24)23-14-7-9-16-25(23)27/h3-9,11-16,20H,10,17-19H2,1-2H3,(H,29,30). The molecule has 1 aliphatic rings. The van der Waals surface area contributed by atoms with E-state index in [1.54, 1.807) is 0 Å². The molecular weight excluding hydrogens is 370 g/mol. The molecular formula is C27H29NO2. The summed E-state index contributed by atoms with van der Waals surface area (Å²) in [5.41, 5.74) is 4.29. The van der Waals surface area contributed by atoms with Crippen molar-refractivity contribution < 1.29 is 9.90 Å². The molecule has 3 heteroatoms. The van der Waals surface area contributed by atoms with Gasteiger partial charge >= 0.3 is 5.97 Å². The lowest BCUT2D eigenvalue weighted by atomic mass is 9.74. The molecule has 0 bridgehead atoms. The number of carboxylic acids is 1. The second-order valence-electron chi connectivity index (χ2n) is 8.46. The summed E-state index contributed by atoms with van der Waals surface area (Å²) in [6.45, 7) is 6.16. The van der Waals surface area contributed by atoms with Crippen LogP contribution in [0.5, 0.6) is 0 Å². The Morgan fingerprint density at radius 3 is 1.93 bits per heavy atom. The lowest BCUT2D eigenvalue weighted by Crippen LogP contribution is -2.37. The molecule has 154 valence electrons. The largest absolute Gasteiger partial charge is 0.480 e. The van der Waals surface area contributed by atoms with Gasteiger partial charge in [-0.15, -0.1) is 0 Å². The third-order valence-corrected chi connectivity index (χ3v) is 6.38. The molecule has 0 radical (unpaired) electrons. The molecule has 0 amide bonds. The van der Waals surface area contributed by atoms with E-state index >= 15 is 0 Å². The molecule has 0 aromatic heterocycles. The van der Waals surface area contributed by atoms with Gasteiger partial charge in [0.25, 0.3) is 0 Å². The van der Waals surface area contributed by atoms with Crippen LogP contribution in [-0.4, -0.2) is 28.6 Å². The van der Waals surface area contributed by atoms with E-state index in [2.05, 4.69) is 55.1 Å². The minimum absolute atomic E-state index is 0.397. The Bertz CT molecular complexity index is 980. The SMILES string of the molecule is CC(C)N(CCCC1(C(=O)O)c2ccccc2-c2ccccc21)Cc1ccccc1. The van der Waals surface area contributed by atoms with Gasteiger partial charge in [0.05, 0.1) is 0 Å².